The first kappa shape index (κ1) is 35.8. The zero-order valence-electron chi connectivity index (χ0n) is 33.9. The van der Waals surface area contributed by atoms with Crippen LogP contribution in [0.1, 0.15) is 17.9 Å². The molecule has 0 spiro atoms. The molecule has 1 atom stereocenters. The van der Waals surface area contributed by atoms with Crippen molar-refractivity contribution in [1.29, 1.82) is 0 Å². The maximum absolute atomic E-state index is 5.06. The van der Waals surface area contributed by atoms with E-state index in [1.807, 2.05) is 24.3 Å². The van der Waals surface area contributed by atoms with Crippen molar-refractivity contribution in [3.63, 3.8) is 0 Å². The molecule has 62 heavy (non-hydrogen) atoms. The Morgan fingerprint density at radius 1 is 0.419 bits per heavy atom. The number of para-hydroxylation sites is 2. The minimum Gasteiger partial charge on any atom is -0.313 e. The molecule has 2 aromatic heterocycles. The van der Waals surface area contributed by atoms with Crippen LogP contribution in [0.5, 0.6) is 0 Å². The summed E-state index contributed by atoms with van der Waals surface area (Å²) in [6.45, 7) is 0. The highest BCUT2D eigenvalue weighted by Gasteiger charge is 2.35. The van der Waals surface area contributed by atoms with Crippen molar-refractivity contribution in [2.45, 2.75) is 12.3 Å². The normalized spacial score (nSPS) is 14.2. The Balaban J connectivity index is 0.858. The molecule has 10 aromatic rings. The van der Waals surface area contributed by atoms with E-state index in [9.17, 15) is 0 Å². The molecule has 8 aromatic carbocycles. The minimum atomic E-state index is 0.298. The van der Waals surface area contributed by atoms with E-state index in [4.69, 9.17) is 9.97 Å². The van der Waals surface area contributed by atoms with Gasteiger partial charge < -0.3 is 9.47 Å². The fraction of sp³-hybridized carbons (Fsp3) is 0.0345. The topological polar surface area (TPSA) is 34.0 Å². The number of anilines is 2. The molecule has 4 heteroatoms. The minimum absolute atomic E-state index is 0.298. The highest BCUT2D eigenvalue weighted by atomic mass is 15.2. The second-order valence-corrected chi connectivity index (χ2v) is 16.2. The molecule has 1 unspecified atom stereocenters. The van der Waals surface area contributed by atoms with Crippen LogP contribution in [0.4, 0.5) is 11.4 Å². The van der Waals surface area contributed by atoms with Crippen molar-refractivity contribution in [2.24, 2.45) is 0 Å². The van der Waals surface area contributed by atoms with Crippen molar-refractivity contribution >= 4 is 33.2 Å². The number of allylic oxidation sites excluding steroid dienone is 4. The van der Waals surface area contributed by atoms with E-state index in [2.05, 4.69) is 210 Å². The van der Waals surface area contributed by atoms with Gasteiger partial charge in [0.15, 0.2) is 5.82 Å². The second-order valence-electron chi connectivity index (χ2n) is 16.2. The van der Waals surface area contributed by atoms with Gasteiger partial charge in [0, 0.05) is 56.1 Å². The molecule has 4 nitrogen and oxygen atoms in total. The van der Waals surface area contributed by atoms with Gasteiger partial charge in [-0.25, -0.2) is 9.97 Å². The lowest BCUT2D eigenvalue weighted by Crippen LogP contribution is -2.14. The summed E-state index contributed by atoms with van der Waals surface area (Å²) in [6.07, 6.45) is 7.78. The Bertz CT molecular complexity index is 3290. The van der Waals surface area contributed by atoms with Crippen molar-refractivity contribution in [1.82, 2.24) is 14.5 Å². The molecule has 3 heterocycles. The molecule has 2 aliphatic rings. The summed E-state index contributed by atoms with van der Waals surface area (Å²) in [7, 11) is 0. The maximum Gasteiger partial charge on any atom is 0.160 e. The zero-order chi connectivity index (χ0) is 41.0. The van der Waals surface area contributed by atoms with E-state index in [0.29, 0.717) is 5.92 Å². The van der Waals surface area contributed by atoms with Gasteiger partial charge in [-0.15, -0.1) is 0 Å². The van der Waals surface area contributed by atoms with Crippen LogP contribution in [0.2, 0.25) is 0 Å². The van der Waals surface area contributed by atoms with E-state index >= 15 is 0 Å². The lowest BCUT2D eigenvalue weighted by atomic mass is 9.90. The van der Waals surface area contributed by atoms with Crippen molar-refractivity contribution < 1.29 is 0 Å². The maximum atomic E-state index is 5.06. The fourth-order valence-corrected chi connectivity index (χ4v) is 9.49. The predicted octanol–water partition coefficient (Wildman–Crippen LogP) is 15.0. The molecule has 0 bridgehead atoms. The highest BCUT2D eigenvalue weighted by Crippen LogP contribution is 2.51. The summed E-state index contributed by atoms with van der Waals surface area (Å²) in [6, 6.07) is 73.9. The largest absolute Gasteiger partial charge is 0.313 e. The van der Waals surface area contributed by atoms with Crippen LogP contribution in [-0.2, 0) is 0 Å². The molecule has 0 saturated heterocycles. The SMILES string of the molecule is C1=CCC2C(=C1)N(c1ccc(-c3ccc4c(c3)c3ccccc3n4-c3ccccc3)cc1)c1ccc(-c3ccc(-c4cc(-c5ccccc5)nc(-c5ccccc5)n4)cc3)cc12. The van der Waals surface area contributed by atoms with Crippen LogP contribution in [-0.4, -0.2) is 14.5 Å². The highest BCUT2D eigenvalue weighted by molar-refractivity contribution is 6.10. The number of aromatic nitrogens is 3. The van der Waals surface area contributed by atoms with Gasteiger partial charge in [0.1, 0.15) is 0 Å². The molecule has 1 aliphatic carbocycles. The van der Waals surface area contributed by atoms with Crippen molar-refractivity contribution in [3.8, 4) is 61.8 Å². The second kappa shape index (κ2) is 14.9. The van der Waals surface area contributed by atoms with E-state index in [1.54, 1.807) is 0 Å². The number of hydrogen-bond donors (Lipinski definition) is 0. The molecule has 0 fully saturated rings. The van der Waals surface area contributed by atoms with Crippen LogP contribution in [0.25, 0.3) is 83.6 Å². The Hall–Kier alpha value is -8.08. The summed E-state index contributed by atoms with van der Waals surface area (Å²) in [5, 5.41) is 2.52. The van der Waals surface area contributed by atoms with E-state index in [1.165, 1.54) is 72.4 Å². The molecule has 1 aliphatic heterocycles. The van der Waals surface area contributed by atoms with Gasteiger partial charge in [-0.1, -0.05) is 158 Å². The number of rotatable bonds is 7. The van der Waals surface area contributed by atoms with Crippen molar-refractivity contribution in [2.75, 3.05) is 4.90 Å². The van der Waals surface area contributed by atoms with Gasteiger partial charge in [0.2, 0.25) is 0 Å². The van der Waals surface area contributed by atoms with Gasteiger partial charge in [-0.05, 0) is 101 Å². The average molecular weight is 793 g/mol. The van der Waals surface area contributed by atoms with Crippen molar-refractivity contribution in [3.05, 3.63) is 236 Å². The smallest absolute Gasteiger partial charge is 0.160 e. The molecular formula is C58H40N4. The van der Waals surface area contributed by atoms with Crippen LogP contribution in [0.3, 0.4) is 0 Å². The monoisotopic (exact) mass is 792 g/mol. The fourth-order valence-electron chi connectivity index (χ4n) is 9.49. The molecule has 0 saturated carbocycles. The third kappa shape index (κ3) is 6.15. The molecule has 12 rings (SSSR count). The lowest BCUT2D eigenvalue weighted by Gasteiger charge is -2.24. The first-order chi connectivity index (χ1) is 30.7. The quantitative estimate of drug-likeness (QED) is 0.161. The Morgan fingerprint density at radius 2 is 0.984 bits per heavy atom. The zero-order valence-corrected chi connectivity index (χ0v) is 33.9. The molecular weight excluding hydrogens is 753 g/mol. The summed E-state index contributed by atoms with van der Waals surface area (Å²) in [4.78, 5) is 12.5. The average Bonchev–Trinajstić information content (AvgIpc) is 3.87. The van der Waals surface area contributed by atoms with Crippen LogP contribution < -0.4 is 4.90 Å². The van der Waals surface area contributed by atoms with E-state index in [-0.39, 0.29) is 0 Å². The summed E-state index contributed by atoms with van der Waals surface area (Å²) in [5.41, 5.74) is 18.5. The molecule has 0 N–H and O–H groups in total. The van der Waals surface area contributed by atoms with Crippen LogP contribution in [0.15, 0.2) is 230 Å². The van der Waals surface area contributed by atoms with Crippen LogP contribution in [0, 0.1) is 0 Å². The van der Waals surface area contributed by atoms with E-state index in [0.717, 1.165) is 40.3 Å². The third-order valence-electron chi connectivity index (χ3n) is 12.5. The van der Waals surface area contributed by atoms with Gasteiger partial charge in [0.25, 0.3) is 0 Å². The number of fused-ring (bicyclic) bond motifs is 6. The molecule has 292 valence electrons. The number of benzene rings is 8. The Labute approximate surface area is 361 Å². The van der Waals surface area contributed by atoms with Gasteiger partial charge in [0.05, 0.1) is 22.4 Å². The molecule has 0 amide bonds. The standard InChI is InChI=1S/C58H40N4/c1-4-14-41(15-5-1)52-38-53(60-58(59-52)43-16-6-2-7-17-43)42-26-24-39(25-27-42)44-30-35-57-51(36-44)49-21-11-13-23-55(49)62(57)47-32-28-40(29-33-47)45-31-34-56-50(37-45)48-20-10-12-22-54(48)61(56)46-18-8-3-9-19-46/h1-20,22-38,49H,21H2. The predicted molar refractivity (Wildman–Crippen MR) is 257 cm³/mol. The Kier molecular flexibility index (Phi) is 8.60. The summed E-state index contributed by atoms with van der Waals surface area (Å²) < 4.78 is 2.37. The third-order valence-corrected chi connectivity index (χ3v) is 12.5. The summed E-state index contributed by atoms with van der Waals surface area (Å²) >= 11 is 0. The lowest BCUT2D eigenvalue weighted by molar-refractivity contribution is 0.820. The van der Waals surface area contributed by atoms with Gasteiger partial charge in [-0.3, -0.25) is 0 Å². The Morgan fingerprint density at radius 3 is 1.73 bits per heavy atom. The number of hydrogen-bond acceptors (Lipinski definition) is 3. The first-order valence-corrected chi connectivity index (χ1v) is 21.3. The summed E-state index contributed by atoms with van der Waals surface area (Å²) in [5.74, 6) is 1.02. The first-order valence-electron chi connectivity index (χ1n) is 21.3. The molecule has 0 radical (unpaired) electrons. The van der Waals surface area contributed by atoms with E-state index < -0.39 is 0 Å². The van der Waals surface area contributed by atoms with Gasteiger partial charge >= 0.3 is 0 Å². The van der Waals surface area contributed by atoms with Gasteiger partial charge in [-0.2, -0.15) is 0 Å². The van der Waals surface area contributed by atoms with Crippen LogP contribution >= 0.6 is 0 Å². The number of nitrogens with zero attached hydrogens (tertiary/aromatic N) is 4.